The van der Waals surface area contributed by atoms with Gasteiger partial charge in [0.1, 0.15) is 4.64 Å². The minimum Gasteiger partial charge on any atom is -0.353 e. The number of pyridine rings is 1. The third kappa shape index (κ3) is 1.57. The van der Waals surface area contributed by atoms with Crippen molar-refractivity contribution in [1.82, 2.24) is 9.88 Å². The second-order valence-electron chi connectivity index (χ2n) is 3.46. The lowest BCUT2D eigenvalue weighted by Crippen LogP contribution is -2.21. The third-order valence-corrected chi connectivity index (χ3v) is 2.99. The van der Waals surface area contributed by atoms with E-state index in [9.17, 15) is 4.79 Å². The molecule has 3 nitrogen and oxygen atoms in total. The smallest absolute Gasteiger partial charge is 0.210 e. The van der Waals surface area contributed by atoms with Crippen LogP contribution < -0.4 is 0 Å². The first-order valence-corrected chi connectivity index (χ1v) is 5.12. The summed E-state index contributed by atoms with van der Waals surface area (Å²) >= 11 is 5.19. The van der Waals surface area contributed by atoms with E-state index in [1.54, 1.807) is 0 Å². The second kappa shape index (κ2) is 3.92. The summed E-state index contributed by atoms with van der Waals surface area (Å²) in [5, 5.41) is 0. The van der Waals surface area contributed by atoms with Gasteiger partial charge in [-0.15, -0.1) is 0 Å². The molecule has 0 aliphatic carbocycles. The third-order valence-electron chi connectivity index (χ3n) is 2.64. The van der Waals surface area contributed by atoms with Gasteiger partial charge in [0.25, 0.3) is 0 Å². The fourth-order valence-electron chi connectivity index (χ4n) is 1.95. The fraction of sp³-hybridized carbons (Fsp3) is 0.400. The van der Waals surface area contributed by atoms with Crippen molar-refractivity contribution in [2.45, 2.75) is 18.9 Å². The summed E-state index contributed by atoms with van der Waals surface area (Å²) in [6, 6.07) is 4.09. The zero-order chi connectivity index (χ0) is 9.97. The highest BCUT2D eigenvalue weighted by Crippen LogP contribution is 2.30. The average Bonchev–Trinajstić information content (AvgIpc) is 2.66. The number of nitrogens with zero attached hydrogens (tertiary/aromatic N) is 1. The van der Waals surface area contributed by atoms with Gasteiger partial charge in [-0.25, -0.2) is 0 Å². The first-order valence-electron chi connectivity index (χ1n) is 4.71. The molecule has 1 atom stereocenters. The van der Waals surface area contributed by atoms with Crippen LogP contribution >= 0.6 is 12.2 Å². The molecule has 1 N–H and O–H groups in total. The summed E-state index contributed by atoms with van der Waals surface area (Å²) in [4.78, 5) is 15.6. The van der Waals surface area contributed by atoms with Crippen LogP contribution in [0.4, 0.5) is 0 Å². The van der Waals surface area contributed by atoms with Crippen LogP contribution in [-0.2, 0) is 4.79 Å². The molecule has 1 aromatic rings. The van der Waals surface area contributed by atoms with E-state index in [0.717, 1.165) is 36.0 Å². The van der Waals surface area contributed by atoms with Crippen LogP contribution in [0.25, 0.3) is 0 Å². The van der Waals surface area contributed by atoms with Crippen LogP contribution in [0, 0.1) is 4.64 Å². The van der Waals surface area contributed by atoms with Crippen LogP contribution in [0.1, 0.15) is 24.4 Å². The molecular weight excluding hydrogens is 196 g/mol. The van der Waals surface area contributed by atoms with Gasteiger partial charge in [-0.05, 0) is 18.9 Å². The van der Waals surface area contributed by atoms with Crippen molar-refractivity contribution in [2.24, 2.45) is 0 Å². The van der Waals surface area contributed by atoms with Gasteiger partial charge in [-0.2, -0.15) is 0 Å². The maximum atomic E-state index is 10.8. The van der Waals surface area contributed by atoms with Crippen molar-refractivity contribution in [1.29, 1.82) is 0 Å². The zero-order valence-corrected chi connectivity index (χ0v) is 8.59. The topological polar surface area (TPSA) is 36.1 Å². The molecule has 2 heterocycles. The van der Waals surface area contributed by atoms with Crippen molar-refractivity contribution < 1.29 is 4.79 Å². The Hall–Kier alpha value is -1.16. The normalized spacial score (nSPS) is 21.1. The van der Waals surface area contributed by atoms with E-state index in [2.05, 4.69) is 4.98 Å². The summed E-state index contributed by atoms with van der Waals surface area (Å²) in [6.07, 6.45) is 4.80. The molecule has 2 rings (SSSR count). The van der Waals surface area contributed by atoms with E-state index in [1.165, 1.54) is 0 Å². The molecular formula is C10H12N2OS. The zero-order valence-electron chi connectivity index (χ0n) is 7.77. The minimum atomic E-state index is 0.178. The first-order chi connectivity index (χ1) is 6.83. The van der Waals surface area contributed by atoms with Crippen LogP contribution in [0.2, 0.25) is 0 Å². The molecule has 1 saturated heterocycles. The van der Waals surface area contributed by atoms with Crippen molar-refractivity contribution in [3.8, 4) is 0 Å². The van der Waals surface area contributed by atoms with E-state index in [4.69, 9.17) is 12.2 Å². The summed E-state index contributed by atoms with van der Waals surface area (Å²) in [5.74, 6) is 0. The molecule has 0 radical (unpaired) electrons. The fourth-order valence-corrected chi connectivity index (χ4v) is 2.22. The van der Waals surface area contributed by atoms with Gasteiger partial charge in [-0.1, -0.05) is 18.3 Å². The number of nitrogens with one attached hydrogen (secondary N) is 1. The maximum absolute atomic E-state index is 10.8. The molecule has 4 heteroatoms. The SMILES string of the molecule is O=CN1CCC[C@@H]1c1ccc[nH]c1=S. The van der Waals surface area contributed by atoms with Crippen molar-refractivity contribution >= 4 is 18.6 Å². The molecule has 0 aromatic carbocycles. The Kier molecular flexibility index (Phi) is 2.63. The second-order valence-corrected chi connectivity index (χ2v) is 3.86. The predicted molar refractivity (Wildman–Crippen MR) is 56.4 cm³/mol. The number of rotatable bonds is 2. The maximum Gasteiger partial charge on any atom is 0.210 e. The highest BCUT2D eigenvalue weighted by molar-refractivity contribution is 7.71. The van der Waals surface area contributed by atoms with E-state index >= 15 is 0 Å². The van der Waals surface area contributed by atoms with Crippen molar-refractivity contribution in [2.75, 3.05) is 6.54 Å². The quantitative estimate of drug-likeness (QED) is 0.596. The lowest BCUT2D eigenvalue weighted by molar-refractivity contribution is -0.118. The molecule has 0 spiro atoms. The lowest BCUT2D eigenvalue weighted by atomic mass is 10.1. The number of likely N-dealkylation sites (tertiary alicyclic amines) is 1. The molecule has 0 saturated carbocycles. The Morgan fingerprint density at radius 3 is 3.21 bits per heavy atom. The van der Waals surface area contributed by atoms with E-state index in [-0.39, 0.29) is 6.04 Å². The van der Waals surface area contributed by atoms with Gasteiger partial charge in [0.2, 0.25) is 6.41 Å². The number of aromatic nitrogens is 1. The molecule has 1 aliphatic heterocycles. The molecule has 1 aliphatic rings. The molecule has 0 bridgehead atoms. The number of aromatic amines is 1. The summed E-state index contributed by atoms with van der Waals surface area (Å²) in [5.41, 5.74) is 1.06. The standard InChI is InChI=1S/C10H12N2OS/c13-7-12-6-2-4-9(12)8-3-1-5-11-10(8)14/h1,3,5,7,9H,2,4,6H2,(H,11,14)/t9-/m1/s1. The number of hydrogen-bond acceptors (Lipinski definition) is 2. The molecule has 74 valence electrons. The number of H-pyrrole nitrogens is 1. The largest absolute Gasteiger partial charge is 0.353 e. The monoisotopic (exact) mass is 208 g/mol. The predicted octanol–water partition coefficient (Wildman–Crippen LogP) is 2.04. The Balaban J connectivity index is 2.35. The Morgan fingerprint density at radius 1 is 1.64 bits per heavy atom. The van der Waals surface area contributed by atoms with Gasteiger partial charge in [0.05, 0.1) is 6.04 Å². The minimum absolute atomic E-state index is 0.178. The van der Waals surface area contributed by atoms with Gasteiger partial charge < -0.3 is 9.88 Å². The summed E-state index contributed by atoms with van der Waals surface area (Å²) < 4.78 is 0.742. The Morgan fingerprint density at radius 2 is 2.50 bits per heavy atom. The van der Waals surface area contributed by atoms with Gasteiger partial charge in [-0.3, -0.25) is 4.79 Å². The number of carbonyl (C=O) groups excluding carboxylic acids is 1. The average molecular weight is 208 g/mol. The van der Waals surface area contributed by atoms with Gasteiger partial charge >= 0.3 is 0 Å². The molecule has 1 amide bonds. The van der Waals surface area contributed by atoms with Crippen molar-refractivity contribution in [3.63, 3.8) is 0 Å². The number of amides is 1. The van der Waals surface area contributed by atoms with Gasteiger partial charge in [0.15, 0.2) is 0 Å². The molecule has 1 aromatic heterocycles. The Bertz CT molecular complexity index is 388. The first kappa shape index (κ1) is 9.40. The van der Waals surface area contributed by atoms with Crippen LogP contribution in [-0.4, -0.2) is 22.8 Å². The van der Waals surface area contributed by atoms with E-state index < -0.39 is 0 Å². The van der Waals surface area contributed by atoms with Crippen LogP contribution in [0.5, 0.6) is 0 Å². The number of carbonyl (C=O) groups is 1. The van der Waals surface area contributed by atoms with Crippen LogP contribution in [0.3, 0.4) is 0 Å². The Labute approximate surface area is 87.8 Å². The molecule has 0 unspecified atom stereocenters. The van der Waals surface area contributed by atoms with Crippen LogP contribution in [0.15, 0.2) is 18.3 Å². The number of hydrogen-bond donors (Lipinski definition) is 1. The summed E-state index contributed by atoms with van der Waals surface area (Å²) in [7, 11) is 0. The highest BCUT2D eigenvalue weighted by Gasteiger charge is 2.25. The highest BCUT2D eigenvalue weighted by atomic mass is 32.1. The molecule has 1 fully saturated rings. The lowest BCUT2D eigenvalue weighted by Gasteiger charge is -2.19. The van der Waals surface area contributed by atoms with Crippen molar-refractivity contribution in [3.05, 3.63) is 28.5 Å². The van der Waals surface area contributed by atoms with E-state index in [1.807, 2.05) is 23.2 Å². The van der Waals surface area contributed by atoms with Gasteiger partial charge in [0, 0.05) is 18.3 Å². The summed E-state index contributed by atoms with van der Waals surface area (Å²) in [6.45, 7) is 0.845. The van der Waals surface area contributed by atoms with E-state index in [0.29, 0.717) is 0 Å². The molecule has 14 heavy (non-hydrogen) atoms.